The van der Waals surface area contributed by atoms with Crippen LogP contribution < -0.4 is 4.74 Å². The largest absolute Gasteiger partial charge is 0.496 e. The van der Waals surface area contributed by atoms with Gasteiger partial charge in [0.05, 0.1) is 7.11 Å². The Bertz CT molecular complexity index is 636. The minimum atomic E-state index is -0.672. The first-order valence-electron chi connectivity index (χ1n) is 5.67. The molecule has 0 aliphatic rings. The molecule has 0 amide bonds. The molecule has 19 heavy (non-hydrogen) atoms. The number of ketones is 1. The maximum absolute atomic E-state index is 13.7. The van der Waals surface area contributed by atoms with Crippen molar-refractivity contribution < 1.29 is 18.3 Å². The number of carbonyl (C=O) groups excluding carboxylic acids is 1. The number of halogens is 2. The molecule has 0 atom stereocenters. The minimum absolute atomic E-state index is 0.107. The molecule has 98 valence electrons. The van der Waals surface area contributed by atoms with E-state index in [1.807, 2.05) is 0 Å². The van der Waals surface area contributed by atoms with Crippen molar-refractivity contribution in [3.63, 3.8) is 0 Å². The van der Waals surface area contributed by atoms with Gasteiger partial charge in [-0.25, -0.2) is 8.78 Å². The van der Waals surface area contributed by atoms with Crippen molar-refractivity contribution in [3.05, 3.63) is 53.6 Å². The van der Waals surface area contributed by atoms with Crippen molar-refractivity contribution in [1.82, 2.24) is 0 Å². The average Bonchev–Trinajstić information content (AvgIpc) is 2.38. The van der Waals surface area contributed by atoms with Crippen LogP contribution in [0.2, 0.25) is 0 Å². The summed E-state index contributed by atoms with van der Waals surface area (Å²) in [5.41, 5.74) is 1.18. The third-order valence-corrected chi connectivity index (χ3v) is 2.83. The highest BCUT2D eigenvalue weighted by Gasteiger charge is 2.13. The fourth-order valence-corrected chi connectivity index (χ4v) is 1.84. The predicted octanol–water partition coefficient (Wildman–Crippen LogP) is 3.84. The number of ether oxygens (including phenoxy) is 1. The molecule has 0 heterocycles. The third kappa shape index (κ3) is 2.62. The minimum Gasteiger partial charge on any atom is -0.496 e. The Labute approximate surface area is 109 Å². The summed E-state index contributed by atoms with van der Waals surface area (Å²) >= 11 is 0. The molecule has 0 aromatic heterocycles. The SMILES string of the molecule is COc1cc(C(C)=O)ccc1-c1ccc(F)cc1F. The van der Waals surface area contributed by atoms with Gasteiger partial charge in [0, 0.05) is 22.8 Å². The first-order chi connectivity index (χ1) is 9.02. The van der Waals surface area contributed by atoms with E-state index in [2.05, 4.69) is 0 Å². The van der Waals surface area contributed by atoms with Crippen LogP contribution in [0.1, 0.15) is 17.3 Å². The number of carbonyl (C=O) groups is 1. The molecule has 2 aromatic rings. The number of benzene rings is 2. The summed E-state index contributed by atoms with van der Waals surface area (Å²) in [5, 5.41) is 0. The van der Waals surface area contributed by atoms with Crippen molar-refractivity contribution in [2.24, 2.45) is 0 Å². The average molecular weight is 262 g/mol. The van der Waals surface area contributed by atoms with Gasteiger partial charge in [-0.3, -0.25) is 4.79 Å². The molecule has 0 unspecified atom stereocenters. The molecule has 2 aromatic carbocycles. The van der Waals surface area contributed by atoms with Crippen LogP contribution in [0.25, 0.3) is 11.1 Å². The number of hydrogen-bond acceptors (Lipinski definition) is 2. The zero-order valence-corrected chi connectivity index (χ0v) is 10.5. The highest BCUT2D eigenvalue weighted by molar-refractivity contribution is 5.95. The molecule has 0 aliphatic heterocycles. The van der Waals surface area contributed by atoms with Crippen LogP contribution in [0.5, 0.6) is 5.75 Å². The molecule has 0 radical (unpaired) electrons. The van der Waals surface area contributed by atoms with E-state index in [0.717, 1.165) is 6.07 Å². The van der Waals surface area contributed by atoms with Gasteiger partial charge in [0.15, 0.2) is 5.78 Å². The normalized spacial score (nSPS) is 10.3. The topological polar surface area (TPSA) is 26.3 Å². The third-order valence-electron chi connectivity index (χ3n) is 2.83. The van der Waals surface area contributed by atoms with Crippen molar-refractivity contribution in [1.29, 1.82) is 0 Å². The molecule has 2 rings (SSSR count). The van der Waals surface area contributed by atoms with E-state index in [0.29, 0.717) is 16.9 Å². The van der Waals surface area contributed by atoms with Crippen molar-refractivity contribution in [3.8, 4) is 16.9 Å². The van der Waals surface area contributed by atoms with E-state index in [-0.39, 0.29) is 11.3 Å². The Hall–Kier alpha value is -2.23. The summed E-state index contributed by atoms with van der Waals surface area (Å²) in [4.78, 5) is 11.3. The van der Waals surface area contributed by atoms with Gasteiger partial charge in [-0.2, -0.15) is 0 Å². The lowest BCUT2D eigenvalue weighted by molar-refractivity contribution is 0.101. The van der Waals surface area contributed by atoms with Crippen LogP contribution >= 0.6 is 0 Å². The van der Waals surface area contributed by atoms with E-state index in [1.54, 1.807) is 18.2 Å². The molecule has 0 aliphatic carbocycles. The Morgan fingerprint density at radius 1 is 1.05 bits per heavy atom. The number of Topliss-reactive ketones (excluding diaryl/α,β-unsaturated/α-hetero) is 1. The van der Waals surface area contributed by atoms with Crippen molar-refractivity contribution >= 4 is 5.78 Å². The molecular formula is C15H12F2O2. The van der Waals surface area contributed by atoms with Crippen molar-refractivity contribution in [2.75, 3.05) is 7.11 Å². The van der Waals surface area contributed by atoms with Crippen LogP contribution in [0.3, 0.4) is 0 Å². The molecule has 0 spiro atoms. The smallest absolute Gasteiger partial charge is 0.159 e. The lowest BCUT2D eigenvalue weighted by Gasteiger charge is -2.10. The Kier molecular flexibility index (Phi) is 3.60. The standard InChI is InChI=1S/C15H12F2O2/c1-9(18)10-3-5-13(15(7-10)19-2)12-6-4-11(16)8-14(12)17/h3-8H,1-2H3. The first kappa shape index (κ1) is 13.2. The zero-order chi connectivity index (χ0) is 14.0. The van der Waals surface area contributed by atoms with Gasteiger partial charge in [0.1, 0.15) is 17.4 Å². The van der Waals surface area contributed by atoms with E-state index >= 15 is 0 Å². The quantitative estimate of drug-likeness (QED) is 0.785. The van der Waals surface area contributed by atoms with Gasteiger partial charge in [-0.1, -0.05) is 6.07 Å². The molecule has 0 saturated carbocycles. The second kappa shape index (κ2) is 5.18. The molecular weight excluding hydrogens is 250 g/mol. The van der Waals surface area contributed by atoms with Gasteiger partial charge < -0.3 is 4.74 Å². The lowest BCUT2D eigenvalue weighted by atomic mass is 10.0. The van der Waals surface area contributed by atoms with Crippen LogP contribution in [0.4, 0.5) is 8.78 Å². The molecule has 2 nitrogen and oxygen atoms in total. The van der Waals surface area contributed by atoms with Crippen LogP contribution in [-0.4, -0.2) is 12.9 Å². The van der Waals surface area contributed by atoms with Gasteiger partial charge in [0.2, 0.25) is 0 Å². The van der Waals surface area contributed by atoms with E-state index in [1.165, 1.54) is 26.2 Å². The Balaban J connectivity index is 2.58. The monoisotopic (exact) mass is 262 g/mol. The maximum atomic E-state index is 13.7. The zero-order valence-electron chi connectivity index (χ0n) is 10.5. The molecule has 0 fully saturated rings. The molecule has 4 heteroatoms. The Morgan fingerprint density at radius 2 is 1.74 bits per heavy atom. The van der Waals surface area contributed by atoms with Gasteiger partial charge in [-0.05, 0) is 31.2 Å². The summed E-state index contributed by atoms with van der Waals surface area (Å²) < 4.78 is 31.8. The summed E-state index contributed by atoms with van der Waals surface area (Å²) in [6.07, 6.45) is 0. The van der Waals surface area contributed by atoms with Gasteiger partial charge in [-0.15, -0.1) is 0 Å². The second-order valence-corrected chi connectivity index (χ2v) is 4.10. The van der Waals surface area contributed by atoms with Crippen LogP contribution in [-0.2, 0) is 0 Å². The summed E-state index contributed by atoms with van der Waals surface area (Å²) in [5.74, 6) is -1.04. The molecule has 0 N–H and O–H groups in total. The summed E-state index contributed by atoms with van der Waals surface area (Å²) in [6.45, 7) is 1.44. The summed E-state index contributed by atoms with van der Waals surface area (Å²) in [7, 11) is 1.43. The van der Waals surface area contributed by atoms with Crippen molar-refractivity contribution in [2.45, 2.75) is 6.92 Å². The van der Waals surface area contributed by atoms with Crippen LogP contribution in [0, 0.1) is 11.6 Å². The van der Waals surface area contributed by atoms with Gasteiger partial charge in [0.25, 0.3) is 0 Å². The van der Waals surface area contributed by atoms with Crippen LogP contribution in [0.15, 0.2) is 36.4 Å². The van der Waals surface area contributed by atoms with E-state index in [4.69, 9.17) is 4.74 Å². The number of methoxy groups -OCH3 is 1. The number of rotatable bonds is 3. The van der Waals surface area contributed by atoms with Gasteiger partial charge >= 0.3 is 0 Å². The molecule has 0 bridgehead atoms. The lowest BCUT2D eigenvalue weighted by Crippen LogP contribution is -1.96. The highest BCUT2D eigenvalue weighted by Crippen LogP contribution is 2.32. The predicted molar refractivity (Wildman–Crippen MR) is 68.4 cm³/mol. The fourth-order valence-electron chi connectivity index (χ4n) is 1.84. The molecule has 0 saturated heterocycles. The number of hydrogen-bond donors (Lipinski definition) is 0. The summed E-state index contributed by atoms with van der Waals surface area (Å²) in [6, 6.07) is 8.05. The second-order valence-electron chi connectivity index (χ2n) is 4.10. The van der Waals surface area contributed by atoms with E-state index in [9.17, 15) is 13.6 Å². The van der Waals surface area contributed by atoms with E-state index < -0.39 is 11.6 Å². The first-order valence-corrected chi connectivity index (χ1v) is 5.67. The fraction of sp³-hybridized carbons (Fsp3) is 0.133. The Morgan fingerprint density at radius 3 is 2.32 bits per heavy atom. The highest BCUT2D eigenvalue weighted by atomic mass is 19.1. The maximum Gasteiger partial charge on any atom is 0.159 e.